The zero-order valence-electron chi connectivity index (χ0n) is 20.1. The van der Waals surface area contributed by atoms with Crippen LogP contribution in [-0.4, -0.2) is 59.0 Å². The second-order valence-electron chi connectivity index (χ2n) is 8.86. The van der Waals surface area contributed by atoms with E-state index in [9.17, 15) is 12.8 Å². The van der Waals surface area contributed by atoms with Crippen molar-refractivity contribution in [2.75, 3.05) is 24.2 Å². The molecule has 1 aliphatic rings. The number of aromatic nitrogens is 5. The number of pyridine rings is 1. The second kappa shape index (κ2) is 9.72. The zero-order valence-corrected chi connectivity index (χ0v) is 21.7. The van der Waals surface area contributed by atoms with E-state index in [1.165, 1.54) is 29.8 Å². The van der Waals surface area contributed by atoms with Crippen LogP contribution in [0.3, 0.4) is 0 Å². The molecule has 0 saturated carbocycles. The van der Waals surface area contributed by atoms with E-state index in [2.05, 4.69) is 25.1 Å². The molecule has 0 aliphatic carbocycles. The minimum atomic E-state index is -3.51. The molecule has 194 valence electrons. The molecule has 6 rings (SSSR count). The number of halogens is 1. The molecule has 0 unspecified atom stereocenters. The third-order valence-electron chi connectivity index (χ3n) is 6.32. The Morgan fingerprint density at radius 1 is 1.11 bits per heavy atom. The number of benzene rings is 1. The van der Waals surface area contributed by atoms with Crippen molar-refractivity contribution >= 4 is 37.4 Å². The predicted molar refractivity (Wildman–Crippen MR) is 139 cm³/mol. The quantitative estimate of drug-likeness (QED) is 0.299. The highest BCUT2D eigenvalue weighted by Crippen LogP contribution is 2.38. The summed E-state index contributed by atoms with van der Waals surface area (Å²) in [4.78, 5) is 19.2. The lowest BCUT2D eigenvalue weighted by molar-refractivity contribution is 0.164. The van der Waals surface area contributed by atoms with Crippen LogP contribution in [0.5, 0.6) is 5.88 Å². The average Bonchev–Trinajstić information content (AvgIpc) is 3.58. The van der Waals surface area contributed by atoms with Gasteiger partial charge in [0.15, 0.2) is 9.84 Å². The fraction of sp³-hybridized carbons (Fsp3) is 0.240. The first-order chi connectivity index (χ1) is 18.4. The molecular formula is C25H21FN6O4S2. The van der Waals surface area contributed by atoms with Crippen LogP contribution >= 0.6 is 11.3 Å². The molecule has 0 spiro atoms. The number of hydrogen-bond donors (Lipinski definition) is 0. The Labute approximate surface area is 221 Å². The fourth-order valence-corrected chi connectivity index (χ4v) is 5.92. The van der Waals surface area contributed by atoms with Gasteiger partial charge in [-0.05, 0) is 24.3 Å². The molecule has 4 aromatic heterocycles. The van der Waals surface area contributed by atoms with E-state index >= 15 is 0 Å². The molecule has 10 nitrogen and oxygen atoms in total. The van der Waals surface area contributed by atoms with Gasteiger partial charge in [0.05, 0.1) is 10.4 Å². The minimum Gasteiger partial charge on any atom is -0.473 e. The van der Waals surface area contributed by atoms with Crippen LogP contribution < -0.4 is 9.64 Å². The summed E-state index contributed by atoms with van der Waals surface area (Å²) < 4.78 is 50.8. The largest absolute Gasteiger partial charge is 0.473 e. The number of piperidine rings is 1. The third-order valence-corrected chi connectivity index (χ3v) is 8.39. The fourth-order valence-electron chi connectivity index (χ4n) is 4.33. The lowest BCUT2D eigenvalue weighted by Gasteiger charge is -2.30. The molecule has 5 heterocycles. The van der Waals surface area contributed by atoms with Crippen molar-refractivity contribution in [3.8, 4) is 28.4 Å². The van der Waals surface area contributed by atoms with Gasteiger partial charge in [0.25, 0.3) is 0 Å². The number of rotatable bonds is 6. The summed E-state index contributed by atoms with van der Waals surface area (Å²) in [6.07, 6.45) is 7.16. The lowest BCUT2D eigenvalue weighted by Crippen LogP contribution is -2.38. The Morgan fingerprint density at radius 3 is 2.63 bits per heavy atom. The highest BCUT2D eigenvalue weighted by Gasteiger charge is 2.26. The minimum absolute atomic E-state index is 0.0719. The van der Waals surface area contributed by atoms with Crippen LogP contribution in [0.4, 0.5) is 10.4 Å². The maximum absolute atomic E-state index is 14.9. The molecule has 0 N–H and O–H groups in total. The van der Waals surface area contributed by atoms with Crippen molar-refractivity contribution in [2.24, 2.45) is 0 Å². The van der Waals surface area contributed by atoms with Crippen molar-refractivity contribution in [2.45, 2.75) is 23.8 Å². The van der Waals surface area contributed by atoms with Crippen LogP contribution in [0.15, 0.2) is 63.9 Å². The number of sulfone groups is 1. The lowest BCUT2D eigenvalue weighted by atomic mass is 10.1. The molecule has 0 atom stereocenters. The van der Waals surface area contributed by atoms with Crippen LogP contribution in [-0.2, 0) is 9.84 Å². The molecule has 1 aliphatic heterocycles. The van der Waals surface area contributed by atoms with Crippen molar-refractivity contribution in [3.05, 3.63) is 60.3 Å². The standard InChI is InChI=1S/C25H21FN6O4S2/c1-38(33,34)17-2-3-18(20(26)12-17)19-13-37-22-21(19)28-14-29-24(22)35-16-6-10-32(11-7-16)25-30-23(31-36-25)15-4-8-27-9-5-15/h2-5,8-9,12-14,16H,6-7,10-11H2,1H3. The molecule has 0 radical (unpaired) electrons. The highest BCUT2D eigenvalue weighted by atomic mass is 32.2. The second-order valence-corrected chi connectivity index (χ2v) is 11.8. The van der Waals surface area contributed by atoms with Crippen LogP contribution in [0.2, 0.25) is 0 Å². The smallest absolute Gasteiger partial charge is 0.324 e. The summed E-state index contributed by atoms with van der Waals surface area (Å²) in [5, 5.41) is 5.85. The Morgan fingerprint density at radius 2 is 1.89 bits per heavy atom. The molecular weight excluding hydrogens is 531 g/mol. The molecule has 1 saturated heterocycles. The third kappa shape index (κ3) is 4.70. The van der Waals surface area contributed by atoms with Gasteiger partial charge in [0, 0.05) is 66.7 Å². The van der Waals surface area contributed by atoms with Gasteiger partial charge in [-0.2, -0.15) is 4.98 Å². The van der Waals surface area contributed by atoms with Crippen molar-refractivity contribution in [1.29, 1.82) is 0 Å². The van der Waals surface area contributed by atoms with Crippen LogP contribution in [0, 0.1) is 5.82 Å². The Kier molecular flexibility index (Phi) is 6.24. The molecule has 1 aromatic carbocycles. The van der Waals surface area contributed by atoms with Crippen molar-refractivity contribution < 1.29 is 22.1 Å². The van der Waals surface area contributed by atoms with E-state index in [0.29, 0.717) is 46.6 Å². The van der Waals surface area contributed by atoms with E-state index in [4.69, 9.17) is 9.26 Å². The predicted octanol–water partition coefficient (Wildman–Crippen LogP) is 4.39. The topological polar surface area (TPSA) is 124 Å². The van der Waals surface area contributed by atoms with Crippen LogP contribution in [0.25, 0.3) is 32.7 Å². The first-order valence-electron chi connectivity index (χ1n) is 11.7. The Hall–Kier alpha value is -3.97. The average molecular weight is 553 g/mol. The molecule has 5 aromatic rings. The number of nitrogens with zero attached hydrogens (tertiary/aromatic N) is 6. The van der Waals surface area contributed by atoms with E-state index in [0.717, 1.165) is 30.7 Å². The van der Waals surface area contributed by atoms with Gasteiger partial charge in [-0.1, -0.05) is 11.2 Å². The number of anilines is 1. The Balaban J connectivity index is 1.16. The van der Waals surface area contributed by atoms with E-state index in [-0.39, 0.29) is 16.6 Å². The molecule has 1 fully saturated rings. The normalized spacial score (nSPS) is 14.7. The summed E-state index contributed by atoms with van der Waals surface area (Å²) in [6.45, 7) is 1.34. The number of ether oxygens (including phenoxy) is 1. The van der Waals surface area contributed by atoms with Gasteiger partial charge in [0.2, 0.25) is 11.7 Å². The van der Waals surface area contributed by atoms with Gasteiger partial charge in [-0.15, -0.1) is 11.3 Å². The highest BCUT2D eigenvalue weighted by molar-refractivity contribution is 7.90. The number of fused-ring (bicyclic) bond motifs is 1. The van der Waals surface area contributed by atoms with E-state index in [1.807, 2.05) is 17.0 Å². The summed E-state index contributed by atoms with van der Waals surface area (Å²) >= 11 is 1.36. The van der Waals surface area contributed by atoms with Gasteiger partial charge in [-0.3, -0.25) is 4.98 Å². The maximum Gasteiger partial charge on any atom is 0.324 e. The van der Waals surface area contributed by atoms with Crippen molar-refractivity contribution in [1.82, 2.24) is 25.1 Å². The molecule has 0 amide bonds. The molecule has 38 heavy (non-hydrogen) atoms. The monoisotopic (exact) mass is 552 g/mol. The molecule has 13 heteroatoms. The van der Waals surface area contributed by atoms with Crippen molar-refractivity contribution in [3.63, 3.8) is 0 Å². The number of hydrogen-bond acceptors (Lipinski definition) is 11. The summed E-state index contributed by atoms with van der Waals surface area (Å²) in [6, 6.07) is 8.00. The summed E-state index contributed by atoms with van der Waals surface area (Å²) in [7, 11) is -3.51. The van der Waals surface area contributed by atoms with Gasteiger partial charge >= 0.3 is 6.01 Å². The van der Waals surface area contributed by atoms with Gasteiger partial charge in [-0.25, -0.2) is 22.8 Å². The summed E-state index contributed by atoms with van der Waals surface area (Å²) in [5.74, 6) is 0.324. The SMILES string of the molecule is CS(=O)(=O)c1ccc(-c2csc3c(OC4CCN(c5nc(-c6ccncc6)no5)CC4)ncnc23)c(F)c1. The Bertz CT molecular complexity index is 1720. The summed E-state index contributed by atoms with van der Waals surface area (Å²) in [5.41, 5.74) is 2.22. The first-order valence-corrected chi connectivity index (χ1v) is 14.5. The van der Waals surface area contributed by atoms with E-state index in [1.54, 1.807) is 17.8 Å². The molecule has 0 bridgehead atoms. The van der Waals surface area contributed by atoms with Gasteiger partial charge < -0.3 is 14.2 Å². The number of thiophene rings is 1. The maximum atomic E-state index is 14.9. The van der Waals surface area contributed by atoms with Gasteiger partial charge in [0.1, 0.15) is 22.9 Å². The van der Waals surface area contributed by atoms with E-state index < -0.39 is 15.7 Å². The first kappa shape index (κ1) is 24.4. The van der Waals surface area contributed by atoms with Crippen LogP contribution in [0.1, 0.15) is 12.8 Å². The zero-order chi connectivity index (χ0) is 26.3.